The standard InChI is InChI=1S/C21H22F3NO4/c1-29-20(28)17(9-5-8-14-6-3-2-4-7-14)25-19(27)18(26)15-10-12-16(13-11-15)21(22,23)24/h2-4,6-7,10-13,17-18,26H,5,8-9H2,1H3,(H,25,27)/t17-,18-/m0/s1. The topological polar surface area (TPSA) is 75.6 Å². The number of ether oxygens (including phenoxy) is 1. The smallest absolute Gasteiger partial charge is 0.416 e. The normalized spacial score (nSPS) is 13.4. The molecule has 0 saturated carbocycles. The Kier molecular flexibility index (Phi) is 7.78. The second kappa shape index (κ2) is 10.1. The zero-order chi connectivity index (χ0) is 21.4. The molecule has 0 spiro atoms. The van der Waals surface area contributed by atoms with Crippen molar-refractivity contribution < 1.29 is 32.6 Å². The molecule has 5 nitrogen and oxygen atoms in total. The third kappa shape index (κ3) is 6.60. The number of methoxy groups -OCH3 is 1. The highest BCUT2D eigenvalue weighted by atomic mass is 19.4. The van der Waals surface area contributed by atoms with E-state index in [1.165, 1.54) is 7.11 Å². The highest BCUT2D eigenvalue weighted by Gasteiger charge is 2.31. The number of aryl methyl sites for hydroxylation is 1. The summed E-state index contributed by atoms with van der Waals surface area (Å²) in [6, 6.07) is 12.2. The number of hydrogen-bond donors (Lipinski definition) is 2. The van der Waals surface area contributed by atoms with Crippen LogP contribution in [0.3, 0.4) is 0 Å². The number of aliphatic hydroxyl groups excluding tert-OH is 1. The van der Waals surface area contributed by atoms with Crippen molar-refractivity contribution in [3.05, 3.63) is 71.3 Å². The van der Waals surface area contributed by atoms with E-state index in [1.807, 2.05) is 30.3 Å². The van der Waals surface area contributed by atoms with Crippen LogP contribution in [0.4, 0.5) is 13.2 Å². The average molecular weight is 409 g/mol. The first-order valence-electron chi connectivity index (χ1n) is 8.99. The van der Waals surface area contributed by atoms with Crippen molar-refractivity contribution in [2.24, 2.45) is 0 Å². The molecular weight excluding hydrogens is 387 g/mol. The number of carbonyl (C=O) groups excluding carboxylic acids is 2. The van der Waals surface area contributed by atoms with E-state index in [0.717, 1.165) is 29.8 Å². The van der Waals surface area contributed by atoms with Crippen LogP contribution in [0.15, 0.2) is 54.6 Å². The lowest BCUT2D eigenvalue weighted by atomic mass is 10.0. The maximum Gasteiger partial charge on any atom is 0.416 e. The van der Waals surface area contributed by atoms with Crippen molar-refractivity contribution >= 4 is 11.9 Å². The van der Waals surface area contributed by atoms with Crippen molar-refractivity contribution in [2.45, 2.75) is 37.6 Å². The maximum atomic E-state index is 12.6. The Labute approximate surface area is 166 Å². The Morgan fingerprint density at radius 1 is 1.07 bits per heavy atom. The number of esters is 1. The first-order chi connectivity index (χ1) is 13.7. The van der Waals surface area contributed by atoms with Gasteiger partial charge in [0.05, 0.1) is 12.7 Å². The van der Waals surface area contributed by atoms with Crippen LogP contribution in [0.25, 0.3) is 0 Å². The number of alkyl halides is 3. The number of halogens is 3. The molecule has 2 rings (SSSR count). The Balaban J connectivity index is 1.98. The monoisotopic (exact) mass is 409 g/mol. The molecule has 0 bridgehead atoms. The number of nitrogens with one attached hydrogen (secondary N) is 1. The van der Waals surface area contributed by atoms with Gasteiger partial charge in [0.2, 0.25) is 0 Å². The summed E-state index contributed by atoms with van der Waals surface area (Å²) in [7, 11) is 1.19. The van der Waals surface area contributed by atoms with E-state index < -0.39 is 35.8 Å². The number of amides is 1. The molecular formula is C21H22F3NO4. The number of benzene rings is 2. The highest BCUT2D eigenvalue weighted by Crippen LogP contribution is 2.30. The summed E-state index contributed by atoms with van der Waals surface area (Å²) in [6.45, 7) is 0. The van der Waals surface area contributed by atoms with Gasteiger partial charge in [-0.25, -0.2) is 4.79 Å². The van der Waals surface area contributed by atoms with Crippen molar-refractivity contribution in [1.29, 1.82) is 0 Å². The summed E-state index contributed by atoms with van der Waals surface area (Å²) in [4.78, 5) is 24.3. The largest absolute Gasteiger partial charge is 0.467 e. The van der Waals surface area contributed by atoms with Crippen LogP contribution in [-0.4, -0.2) is 30.1 Å². The number of rotatable bonds is 8. The predicted molar refractivity (Wildman–Crippen MR) is 99.7 cm³/mol. The molecule has 0 aromatic heterocycles. The van der Waals surface area contributed by atoms with Crippen molar-refractivity contribution in [2.75, 3.05) is 7.11 Å². The Morgan fingerprint density at radius 3 is 2.24 bits per heavy atom. The van der Waals surface area contributed by atoms with Gasteiger partial charge in [-0.05, 0) is 42.5 Å². The van der Waals surface area contributed by atoms with Crippen molar-refractivity contribution in [1.82, 2.24) is 5.32 Å². The van der Waals surface area contributed by atoms with E-state index in [-0.39, 0.29) is 12.0 Å². The minimum Gasteiger partial charge on any atom is -0.467 e. The second-order valence-electron chi connectivity index (χ2n) is 6.48. The first kappa shape index (κ1) is 22.4. The minimum atomic E-state index is -4.51. The van der Waals surface area contributed by atoms with Gasteiger partial charge in [0.15, 0.2) is 6.10 Å². The van der Waals surface area contributed by atoms with Crippen LogP contribution in [0.5, 0.6) is 0 Å². The molecule has 8 heteroatoms. The van der Waals surface area contributed by atoms with Gasteiger partial charge in [-0.1, -0.05) is 42.5 Å². The lowest BCUT2D eigenvalue weighted by Crippen LogP contribution is -2.43. The van der Waals surface area contributed by atoms with Crippen LogP contribution in [0.1, 0.15) is 35.6 Å². The van der Waals surface area contributed by atoms with Gasteiger partial charge in [-0.2, -0.15) is 13.2 Å². The molecule has 0 aliphatic heterocycles. The quantitative estimate of drug-likeness (QED) is 0.655. The number of aliphatic hydroxyl groups is 1. The van der Waals surface area contributed by atoms with E-state index in [0.29, 0.717) is 12.8 Å². The fourth-order valence-corrected chi connectivity index (χ4v) is 2.80. The minimum absolute atomic E-state index is 0.0107. The summed E-state index contributed by atoms with van der Waals surface area (Å²) in [6.07, 6.45) is -4.67. The van der Waals surface area contributed by atoms with Gasteiger partial charge in [0.25, 0.3) is 5.91 Å². The fourth-order valence-electron chi connectivity index (χ4n) is 2.80. The highest BCUT2D eigenvalue weighted by molar-refractivity contribution is 5.87. The molecule has 0 aliphatic carbocycles. The molecule has 2 aromatic carbocycles. The SMILES string of the molecule is COC(=O)[C@H](CCCc1ccccc1)NC(=O)[C@@H](O)c1ccc(C(F)(F)F)cc1. The van der Waals surface area contributed by atoms with E-state index in [4.69, 9.17) is 4.74 Å². The molecule has 2 atom stereocenters. The van der Waals surface area contributed by atoms with Crippen molar-refractivity contribution in [3.8, 4) is 0 Å². The summed E-state index contributed by atoms with van der Waals surface area (Å²) in [5.74, 6) is -1.55. The summed E-state index contributed by atoms with van der Waals surface area (Å²) in [5.41, 5.74) is 0.179. The first-order valence-corrected chi connectivity index (χ1v) is 8.99. The van der Waals surface area contributed by atoms with Crippen molar-refractivity contribution in [3.63, 3.8) is 0 Å². The molecule has 0 heterocycles. The number of hydrogen-bond acceptors (Lipinski definition) is 4. The van der Waals surface area contributed by atoms with Gasteiger partial charge in [0, 0.05) is 0 Å². The summed E-state index contributed by atoms with van der Waals surface area (Å²) in [5, 5.41) is 12.6. The van der Waals surface area contributed by atoms with Crippen LogP contribution >= 0.6 is 0 Å². The second-order valence-corrected chi connectivity index (χ2v) is 6.48. The third-order valence-corrected chi connectivity index (χ3v) is 4.41. The van der Waals surface area contributed by atoms with Gasteiger partial charge in [-0.15, -0.1) is 0 Å². The molecule has 1 amide bonds. The lowest BCUT2D eigenvalue weighted by molar-refractivity contribution is -0.146. The summed E-state index contributed by atoms with van der Waals surface area (Å²) >= 11 is 0. The molecule has 29 heavy (non-hydrogen) atoms. The van der Waals surface area contributed by atoms with Gasteiger partial charge >= 0.3 is 12.1 Å². The van der Waals surface area contributed by atoms with Crippen LogP contribution < -0.4 is 5.32 Å². The molecule has 0 aliphatic rings. The maximum absolute atomic E-state index is 12.6. The van der Waals surface area contributed by atoms with Gasteiger partial charge < -0.3 is 15.2 Å². The predicted octanol–water partition coefficient (Wildman–Crippen LogP) is 3.42. The Bertz CT molecular complexity index is 807. The average Bonchev–Trinajstić information content (AvgIpc) is 2.72. The fraction of sp³-hybridized carbons (Fsp3) is 0.333. The van der Waals surface area contributed by atoms with E-state index in [2.05, 4.69) is 5.32 Å². The zero-order valence-corrected chi connectivity index (χ0v) is 15.8. The van der Waals surface area contributed by atoms with Crippen LogP contribution in [0.2, 0.25) is 0 Å². The zero-order valence-electron chi connectivity index (χ0n) is 15.8. The van der Waals surface area contributed by atoms with E-state index in [9.17, 15) is 27.9 Å². The molecule has 156 valence electrons. The van der Waals surface area contributed by atoms with E-state index in [1.54, 1.807) is 0 Å². The molecule has 2 aromatic rings. The molecule has 0 saturated heterocycles. The third-order valence-electron chi connectivity index (χ3n) is 4.41. The Morgan fingerprint density at radius 2 is 1.69 bits per heavy atom. The lowest BCUT2D eigenvalue weighted by Gasteiger charge is -2.19. The Hall–Kier alpha value is -2.87. The summed E-state index contributed by atoms with van der Waals surface area (Å²) < 4.78 is 42.6. The number of carbonyl (C=O) groups is 2. The van der Waals surface area contributed by atoms with E-state index >= 15 is 0 Å². The van der Waals surface area contributed by atoms with Gasteiger partial charge in [0.1, 0.15) is 6.04 Å². The van der Waals surface area contributed by atoms with Gasteiger partial charge in [-0.3, -0.25) is 4.79 Å². The van der Waals surface area contributed by atoms with Crippen LogP contribution in [-0.2, 0) is 26.9 Å². The molecule has 0 unspecified atom stereocenters. The molecule has 0 radical (unpaired) electrons. The molecule has 2 N–H and O–H groups in total. The molecule has 0 fully saturated rings. The van der Waals surface area contributed by atoms with Crippen LogP contribution in [0, 0.1) is 0 Å².